The first-order valence-electron chi connectivity index (χ1n) is 7.90. The van der Waals surface area contributed by atoms with Crippen molar-refractivity contribution >= 4 is 29.5 Å². The molecule has 4 nitrogen and oxygen atoms in total. The van der Waals surface area contributed by atoms with Gasteiger partial charge in [0.1, 0.15) is 11.5 Å². The molecule has 0 aliphatic carbocycles. The standard InChI is InChI=1S/C21H16ClNO3/c1-25-19-10-12-20(13-11-19)26-21(24)16-4-8-18(9-5-16)23-14-15-2-6-17(22)7-3-15/h2-14H,1H3. The van der Waals surface area contributed by atoms with E-state index in [9.17, 15) is 4.79 Å². The number of carbonyl (C=O) groups is 1. The van der Waals surface area contributed by atoms with Crippen LogP contribution in [0.5, 0.6) is 11.5 Å². The number of esters is 1. The number of rotatable bonds is 5. The third-order valence-corrected chi connectivity index (χ3v) is 3.86. The van der Waals surface area contributed by atoms with Crippen LogP contribution in [0.3, 0.4) is 0 Å². The van der Waals surface area contributed by atoms with Gasteiger partial charge in [0, 0.05) is 11.2 Å². The highest BCUT2D eigenvalue weighted by Crippen LogP contribution is 2.19. The van der Waals surface area contributed by atoms with Crippen molar-refractivity contribution in [1.29, 1.82) is 0 Å². The van der Waals surface area contributed by atoms with Crippen LogP contribution < -0.4 is 9.47 Å². The lowest BCUT2D eigenvalue weighted by Crippen LogP contribution is -2.08. The van der Waals surface area contributed by atoms with E-state index in [4.69, 9.17) is 21.1 Å². The molecule has 0 aromatic heterocycles. The van der Waals surface area contributed by atoms with Crippen molar-refractivity contribution in [2.24, 2.45) is 4.99 Å². The molecule has 0 bridgehead atoms. The second-order valence-corrected chi connectivity index (χ2v) is 5.86. The molecule has 3 aromatic carbocycles. The van der Waals surface area contributed by atoms with Crippen LogP contribution in [0.15, 0.2) is 77.8 Å². The Balaban J connectivity index is 1.64. The Morgan fingerprint density at radius 1 is 0.885 bits per heavy atom. The quantitative estimate of drug-likeness (QED) is 0.349. The predicted octanol–water partition coefficient (Wildman–Crippen LogP) is 5.32. The van der Waals surface area contributed by atoms with Gasteiger partial charge in [-0.1, -0.05) is 23.7 Å². The van der Waals surface area contributed by atoms with Gasteiger partial charge in [0.15, 0.2) is 0 Å². The van der Waals surface area contributed by atoms with Gasteiger partial charge >= 0.3 is 5.97 Å². The van der Waals surface area contributed by atoms with Crippen LogP contribution in [0.4, 0.5) is 5.69 Å². The van der Waals surface area contributed by atoms with E-state index in [0.29, 0.717) is 22.1 Å². The highest BCUT2D eigenvalue weighted by atomic mass is 35.5. The first-order chi connectivity index (χ1) is 12.6. The summed E-state index contributed by atoms with van der Waals surface area (Å²) in [6.07, 6.45) is 1.74. The van der Waals surface area contributed by atoms with E-state index in [1.54, 1.807) is 74.0 Å². The first-order valence-corrected chi connectivity index (χ1v) is 8.28. The Morgan fingerprint density at radius 2 is 1.50 bits per heavy atom. The van der Waals surface area contributed by atoms with Gasteiger partial charge in [0.25, 0.3) is 0 Å². The monoisotopic (exact) mass is 365 g/mol. The number of methoxy groups -OCH3 is 1. The third-order valence-electron chi connectivity index (χ3n) is 3.61. The topological polar surface area (TPSA) is 47.9 Å². The van der Waals surface area contributed by atoms with Crippen LogP contribution in [-0.4, -0.2) is 19.3 Å². The van der Waals surface area contributed by atoms with Crippen molar-refractivity contribution in [2.45, 2.75) is 0 Å². The molecule has 0 unspecified atom stereocenters. The summed E-state index contributed by atoms with van der Waals surface area (Å²) in [4.78, 5) is 16.6. The number of nitrogens with zero attached hydrogens (tertiary/aromatic N) is 1. The Bertz CT molecular complexity index is 901. The van der Waals surface area contributed by atoms with Crippen LogP contribution in [0.2, 0.25) is 5.02 Å². The summed E-state index contributed by atoms with van der Waals surface area (Å²) in [5.74, 6) is 0.733. The molecule has 130 valence electrons. The van der Waals surface area contributed by atoms with Gasteiger partial charge in [0.2, 0.25) is 0 Å². The number of aliphatic imine (C=N–C) groups is 1. The third kappa shape index (κ3) is 4.71. The van der Waals surface area contributed by atoms with E-state index < -0.39 is 5.97 Å². The highest BCUT2D eigenvalue weighted by molar-refractivity contribution is 6.30. The average molecular weight is 366 g/mol. The molecule has 0 spiro atoms. The molecule has 0 saturated heterocycles. The number of ether oxygens (including phenoxy) is 2. The Labute approximate surface area is 156 Å². The fourth-order valence-corrected chi connectivity index (χ4v) is 2.32. The van der Waals surface area contributed by atoms with Crippen LogP contribution in [0.25, 0.3) is 0 Å². The summed E-state index contributed by atoms with van der Waals surface area (Å²) in [5.41, 5.74) is 2.13. The Kier molecular flexibility index (Phi) is 5.66. The average Bonchev–Trinajstić information content (AvgIpc) is 2.68. The fraction of sp³-hybridized carbons (Fsp3) is 0.0476. The highest BCUT2D eigenvalue weighted by Gasteiger charge is 2.08. The zero-order chi connectivity index (χ0) is 18.4. The van der Waals surface area contributed by atoms with E-state index in [1.165, 1.54) is 0 Å². The molecule has 0 fully saturated rings. The smallest absolute Gasteiger partial charge is 0.343 e. The minimum absolute atomic E-state index is 0.427. The van der Waals surface area contributed by atoms with Gasteiger partial charge in [-0.3, -0.25) is 4.99 Å². The second kappa shape index (κ2) is 8.32. The number of hydrogen-bond donors (Lipinski definition) is 0. The van der Waals surface area contributed by atoms with Gasteiger partial charge < -0.3 is 9.47 Å². The molecule has 0 atom stereocenters. The van der Waals surface area contributed by atoms with Crippen LogP contribution in [0, 0.1) is 0 Å². The molecule has 5 heteroatoms. The van der Waals surface area contributed by atoms with Crippen LogP contribution >= 0.6 is 11.6 Å². The molecular weight excluding hydrogens is 350 g/mol. The van der Waals surface area contributed by atoms with Crippen LogP contribution in [-0.2, 0) is 0 Å². The molecule has 0 amide bonds. The zero-order valence-corrected chi connectivity index (χ0v) is 14.8. The molecule has 26 heavy (non-hydrogen) atoms. The van der Waals surface area contributed by atoms with Gasteiger partial charge in [-0.25, -0.2) is 4.79 Å². The van der Waals surface area contributed by atoms with Gasteiger partial charge in [-0.05, 0) is 66.2 Å². The Morgan fingerprint density at radius 3 is 2.12 bits per heavy atom. The maximum absolute atomic E-state index is 12.2. The van der Waals surface area contributed by atoms with Gasteiger partial charge in [-0.2, -0.15) is 0 Å². The summed E-state index contributed by atoms with van der Waals surface area (Å²) < 4.78 is 10.4. The Hall–Kier alpha value is -3.11. The lowest BCUT2D eigenvalue weighted by atomic mass is 10.2. The molecular formula is C21H16ClNO3. The van der Waals surface area contributed by atoms with Gasteiger partial charge in [0.05, 0.1) is 18.4 Å². The van der Waals surface area contributed by atoms with E-state index in [2.05, 4.69) is 4.99 Å². The number of hydrogen-bond acceptors (Lipinski definition) is 4. The zero-order valence-electron chi connectivity index (χ0n) is 14.1. The van der Waals surface area contributed by atoms with Crippen LogP contribution in [0.1, 0.15) is 15.9 Å². The minimum Gasteiger partial charge on any atom is -0.497 e. The van der Waals surface area contributed by atoms with Crippen molar-refractivity contribution in [2.75, 3.05) is 7.11 Å². The molecule has 0 N–H and O–H groups in total. The van der Waals surface area contributed by atoms with E-state index in [0.717, 1.165) is 11.3 Å². The second-order valence-electron chi connectivity index (χ2n) is 5.42. The van der Waals surface area contributed by atoms with Crippen molar-refractivity contribution in [1.82, 2.24) is 0 Å². The van der Waals surface area contributed by atoms with E-state index in [-0.39, 0.29) is 0 Å². The number of benzene rings is 3. The maximum Gasteiger partial charge on any atom is 0.343 e. The fourth-order valence-electron chi connectivity index (χ4n) is 2.19. The van der Waals surface area contributed by atoms with Crippen molar-refractivity contribution in [3.05, 3.63) is 88.9 Å². The lowest BCUT2D eigenvalue weighted by Gasteiger charge is -2.05. The van der Waals surface area contributed by atoms with Crippen molar-refractivity contribution in [3.63, 3.8) is 0 Å². The molecule has 0 aliphatic rings. The normalized spacial score (nSPS) is 10.7. The van der Waals surface area contributed by atoms with Crippen molar-refractivity contribution in [3.8, 4) is 11.5 Å². The van der Waals surface area contributed by atoms with Gasteiger partial charge in [-0.15, -0.1) is 0 Å². The summed E-state index contributed by atoms with van der Waals surface area (Å²) >= 11 is 5.85. The summed E-state index contributed by atoms with van der Waals surface area (Å²) in [7, 11) is 1.58. The molecule has 0 radical (unpaired) electrons. The summed E-state index contributed by atoms with van der Waals surface area (Å²) in [6, 6.07) is 21.1. The van der Waals surface area contributed by atoms with Crippen molar-refractivity contribution < 1.29 is 14.3 Å². The molecule has 3 rings (SSSR count). The molecule has 0 aliphatic heterocycles. The van der Waals surface area contributed by atoms with E-state index >= 15 is 0 Å². The molecule has 3 aromatic rings. The number of carbonyl (C=O) groups excluding carboxylic acids is 1. The number of halogens is 1. The van der Waals surface area contributed by atoms with E-state index in [1.807, 2.05) is 12.1 Å². The first kappa shape index (κ1) is 17.7. The largest absolute Gasteiger partial charge is 0.497 e. The minimum atomic E-state index is -0.427. The lowest BCUT2D eigenvalue weighted by molar-refractivity contribution is 0.0734. The summed E-state index contributed by atoms with van der Waals surface area (Å²) in [6.45, 7) is 0. The predicted molar refractivity (Wildman–Crippen MR) is 103 cm³/mol. The molecule has 0 saturated carbocycles. The summed E-state index contributed by atoms with van der Waals surface area (Å²) in [5, 5.41) is 0.682. The maximum atomic E-state index is 12.2. The SMILES string of the molecule is COc1ccc(OC(=O)c2ccc(N=Cc3ccc(Cl)cc3)cc2)cc1. The molecule has 0 heterocycles.